The Morgan fingerprint density at radius 1 is 0.797 bits per heavy atom. The Morgan fingerprint density at radius 3 is 2.05 bits per heavy atom. The lowest BCUT2D eigenvalue weighted by Gasteiger charge is -2.26. The van der Waals surface area contributed by atoms with E-state index in [1.165, 1.54) is 19.3 Å². The number of alkyl halides is 3. The number of benzene rings is 3. The second kappa shape index (κ2) is 26.3. The molecule has 0 aromatic heterocycles. The summed E-state index contributed by atoms with van der Waals surface area (Å²) in [4.78, 5) is 66.8. The van der Waals surface area contributed by atoms with Gasteiger partial charge in [0.1, 0.15) is 30.1 Å². The van der Waals surface area contributed by atoms with Gasteiger partial charge in [-0.15, -0.1) is 0 Å². The maximum atomic E-state index is 14.0. The van der Waals surface area contributed by atoms with E-state index in [4.69, 9.17) is 70.1 Å². The van der Waals surface area contributed by atoms with E-state index in [1.807, 2.05) is 93.6 Å². The molecule has 2 amide bonds. The van der Waals surface area contributed by atoms with Crippen molar-refractivity contribution in [3.63, 3.8) is 0 Å². The molecule has 64 heavy (non-hydrogen) atoms. The van der Waals surface area contributed by atoms with Gasteiger partial charge in [-0.25, -0.2) is 14.4 Å². The van der Waals surface area contributed by atoms with Gasteiger partial charge in [0.15, 0.2) is 6.10 Å². The fourth-order valence-corrected chi connectivity index (χ4v) is 6.61. The third-order valence-corrected chi connectivity index (χ3v) is 9.82. The zero-order valence-electron chi connectivity index (χ0n) is 37.1. The van der Waals surface area contributed by atoms with E-state index in [2.05, 4.69) is 10.6 Å². The first-order valence-corrected chi connectivity index (χ1v) is 22.3. The molecule has 0 fully saturated rings. The van der Waals surface area contributed by atoms with Gasteiger partial charge in [0.25, 0.3) is 0 Å². The van der Waals surface area contributed by atoms with Crippen LogP contribution in [0, 0.1) is 11.8 Å². The third-order valence-electron chi connectivity index (χ3n) is 9.20. The predicted molar refractivity (Wildman–Crippen MR) is 250 cm³/mol. The van der Waals surface area contributed by atoms with Gasteiger partial charge in [0.2, 0.25) is 9.70 Å². The van der Waals surface area contributed by atoms with Crippen molar-refractivity contribution >= 4 is 82.4 Å². The molecule has 16 heteroatoms. The number of carbonyl (C=O) groups excluding carboxylic acids is 5. The maximum absolute atomic E-state index is 14.0. The fraction of sp³-hybridized carbons (Fsp3) is 0.438. The molecule has 0 unspecified atom stereocenters. The number of ether oxygens (including phenoxy) is 5. The standard InChI is InChI=1S/C48H58Cl4N2O10/c1-31(2)25-41(62-43(56)29-36(26-34-17-12-9-13-18-34)53-46(59)64-47(4,5)6)45(58)63-39(32(3)21-22-33-15-10-8-11-16-33)19-14-20-42(55)54-38(44(57)61-30-48(50,51)52)28-35-23-24-40(60-7)37(49)27-35/h8-18,20-24,27,31-32,36,38-39,41H,19,25-26,28-30H2,1-7H3,(H,53,59)(H,54,55)/t32-,36-,38-,39+,41+/m1/s1. The summed E-state index contributed by atoms with van der Waals surface area (Å²) in [5.74, 6) is -3.07. The lowest BCUT2D eigenvalue weighted by Crippen LogP contribution is -2.43. The molecule has 0 heterocycles. The first-order valence-electron chi connectivity index (χ1n) is 20.8. The highest BCUT2D eigenvalue weighted by molar-refractivity contribution is 6.67. The van der Waals surface area contributed by atoms with E-state index in [-0.39, 0.29) is 31.6 Å². The van der Waals surface area contributed by atoms with Crippen molar-refractivity contribution in [3.05, 3.63) is 119 Å². The monoisotopic (exact) mass is 962 g/mol. The Hall–Kier alpha value is -4.75. The van der Waals surface area contributed by atoms with E-state index < -0.39 is 76.1 Å². The molecule has 0 aliphatic rings. The van der Waals surface area contributed by atoms with Crippen molar-refractivity contribution in [1.82, 2.24) is 10.6 Å². The van der Waals surface area contributed by atoms with Gasteiger partial charge in [-0.05, 0) is 74.4 Å². The van der Waals surface area contributed by atoms with Crippen molar-refractivity contribution in [1.29, 1.82) is 0 Å². The lowest BCUT2D eigenvalue weighted by atomic mass is 9.99. The van der Waals surface area contributed by atoms with Gasteiger partial charge in [-0.1, -0.05) is 152 Å². The molecule has 0 aliphatic carbocycles. The number of rotatable bonds is 22. The highest BCUT2D eigenvalue weighted by atomic mass is 35.6. The van der Waals surface area contributed by atoms with Gasteiger partial charge >= 0.3 is 24.0 Å². The summed E-state index contributed by atoms with van der Waals surface area (Å²) in [5, 5.41) is 5.71. The molecule has 5 atom stereocenters. The molecular formula is C48H58Cl4N2O10. The minimum absolute atomic E-state index is 0.0242. The summed E-state index contributed by atoms with van der Waals surface area (Å²) in [7, 11) is 1.47. The summed E-state index contributed by atoms with van der Waals surface area (Å²) in [6.07, 6.45) is 3.89. The van der Waals surface area contributed by atoms with Gasteiger partial charge in [0.05, 0.1) is 18.6 Å². The third kappa shape index (κ3) is 21.3. The second-order valence-corrected chi connectivity index (χ2v) is 19.5. The van der Waals surface area contributed by atoms with Crippen LogP contribution < -0.4 is 15.4 Å². The number of esters is 3. The molecule has 3 aromatic rings. The summed E-state index contributed by atoms with van der Waals surface area (Å²) in [5.41, 5.74) is 1.60. The molecule has 3 aromatic carbocycles. The number of carbonyl (C=O) groups is 5. The largest absolute Gasteiger partial charge is 0.495 e. The highest BCUT2D eigenvalue weighted by Gasteiger charge is 2.32. The van der Waals surface area contributed by atoms with Crippen LogP contribution in [0.4, 0.5) is 4.79 Å². The fourth-order valence-electron chi connectivity index (χ4n) is 6.17. The maximum Gasteiger partial charge on any atom is 0.407 e. The highest BCUT2D eigenvalue weighted by Crippen LogP contribution is 2.28. The molecule has 3 rings (SSSR count). The van der Waals surface area contributed by atoms with E-state index in [0.717, 1.165) is 11.1 Å². The number of nitrogens with one attached hydrogen (secondary N) is 2. The Balaban J connectivity index is 1.83. The number of hydrogen-bond acceptors (Lipinski definition) is 10. The molecule has 0 spiro atoms. The van der Waals surface area contributed by atoms with Gasteiger partial charge < -0.3 is 34.3 Å². The molecule has 0 aliphatic heterocycles. The number of halogens is 4. The van der Waals surface area contributed by atoms with Crippen molar-refractivity contribution in [2.45, 2.75) is 107 Å². The van der Waals surface area contributed by atoms with Gasteiger partial charge in [-0.2, -0.15) is 0 Å². The Morgan fingerprint density at radius 2 is 1.45 bits per heavy atom. The van der Waals surface area contributed by atoms with E-state index in [1.54, 1.807) is 39.0 Å². The minimum atomic E-state index is -1.89. The summed E-state index contributed by atoms with van der Waals surface area (Å²) < 4.78 is 25.9. The van der Waals surface area contributed by atoms with Crippen LogP contribution in [0.25, 0.3) is 6.08 Å². The number of hydrogen-bond donors (Lipinski definition) is 2. The van der Waals surface area contributed by atoms with Crippen LogP contribution in [0.2, 0.25) is 5.02 Å². The average molecular weight is 965 g/mol. The normalized spacial score (nSPS) is 14.2. The first kappa shape index (κ1) is 53.6. The molecule has 0 saturated carbocycles. The number of amides is 2. The zero-order chi connectivity index (χ0) is 47.5. The van der Waals surface area contributed by atoms with Crippen molar-refractivity contribution < 1.29 is 47.7 Å². The van der Waals surface area contributed by atoms with Crippen LogP contribution in [0.3, 0.4) is 0 Å². The van der Waals surface area contributed by atoms with Crippen molar-refractivity contribution in [3.8, 4) is 5.75 Å². The van der Waals surface area contributed by atoms with Crippen LogP contribution in [-0.4, -0.2) is 77.3 Å². The smallest absolute Gasteiger partial charge is 0.407 e. The average Bonchev–Trinajstić information content (AvgIpc) is 3.20. The molecule has 348 valence electrons. The van der Waals surface area contributed by atoms with Crippen LogP contribution in [-0.2, 0) is 51.0 Å². The molecule has 0 radical (unpaired) electrons. The summed E-state index contributed by atoms with van der Waals surface area (Å²) in [6.45, 7) is 10.3. The van der Waals surface area contributed by atoms with Crippen molar-refractivity contribution in [2.75, 3.05) is 13.7 Å². The molecule has 12 nitrogen and oxygen atoms in total. The molecule has 0 bridgehead atoms. The minimum Gasteiger partial charge on any atom is -0.495 e. The quantitative estimate of drug-likeness (QED) is 0.0430. The summed E-state index contributed by atoms with van der Waals surface area (Å²) >= 11 is 23.7. The van der Waals surface area contributed by atoms with Crippen LogP contribution in [0.15, 0.2) is 97.1 Å². The van der Waals surface area contributed by atoms with E-state index >= 15 is 0 Å². The Labute approximate surface area is 396 Å². The summed E-state index contributed by atoms with van der Waals surface area (Å²) in [6, 6.07) is 21.8. The SMILES string of the molecule is COc1ccc(C[C@@H](NC(=O)C=CC[C@H](OC(=O)[C@H](CC(C)C)OC(=O)C[C@@H](Cc2ccccc2)NC(=O)OC(C)(C)C)[C@H](C)C=Cc2ccccc2)C(=O)OCC(Cl)(Cl)Cl)cc1Cl. The molecular weight excluding hydrogens is 906 g/mol. The molecule has 2 N–H and O–H groups in total. The van der Waals surface area contributed by atoms with Gasteiger partial charge in [-0.3, -0.25) is 9.59 Å². The lowest BCUT2D eigenvalue weighted by molar-refractivity contribution is -0.174. The van der Waals surface area contributed by atoms with Crippen molar-refractivity contribution in [2.24, 2.45) is 11.8 Å². The van der Waals surface area contributed by atoms with E-state index in [9.17, 15) is 24.0 Å². The van der Waals surface area contributed by atoms with Crippen LogP contribution in [0.1, 0.15) is 77.5 Å². The first-order chi connectivity index (χ1) is 30.1. The van der Waals surface area contributed by atoms with Crippen LogP contribution in [0.5, 0.6) is 5.75 Å². The second-order valence-electron chi connectivity index (χ2n) is 16.5. The Bertz CT molecular complexity index is 2040. The topological polar surface area (TPSA) is 156 Å². The zero-order valence-corrected chi connectivity index (χ0v) is 40.1. The predicted octanol–water partition coefficient (Wildman–Crippen LogP) is 9.98. The van der Waals surface area contributed by atoms with Gasteiger partial charge in [0, 0.05) is 24.8 Å². The Kier molecular flexibility index (Phi) is 22.0. The number of methoxy groups -OCH3 is 1. The van der Waals surface area contributed by atoms with E-state index in [0.29, 0.717) is 22.8 Å². The van der Waals surface area contributed by atoms with Crippen LogP contribution >= 0.6 is 46.4 Å². The number of alkyl carbamates (subject to hydrolysis) is 1. The molecule has 0 saturated heterocycles.